The number of aromatic hydroxyl groups is 1. The van der Waals surface area contributed by atoms with Crippen molar-refractivity contribution in [1.82, 2.24) is 15.2 Å². The van der Waals surface area contributed by atoms with E-state index < -0.39 is 6.09 Å². The molecular weight excluding hydrogens is 224 g/mol. The van der Waals surface area contributed by atoms with Crippen LogP contribution < -0.4 is 5.32 Å². The minimum absolute atomic E-state index is 0.0931. The largest absolute Gasteiger partial charge is 0.504 e. The van der Waals surface area contributed by atoms with Gasteiger partial charge in [0.05, 0.1) is 12.5 Å². The second kappa shape index (κ2) is 7.91. The number of carbonyl (C=O) groups is 1. The summed E-state index contributed by atoms with van der Waals surface area (Å²) in [5, 5.41) is 18.8. The lowest BCUT2D eigenvalue weighted by atomic mass is 10.4. The average molecular weight is 240 g/mol. The number of aromatic nitrogens is 1. The molecule has 1 aromatic heterocycles. The zero-order valence-electron chi connectivity index (χ0n) is 9.95. The van der Waals surface area contributed by atoms with Gasteiger partial charge in [-0.05, 0) is 6.07 Å². The molecule has 0 radical (unpaired) electrons. The van der Waals surface area contributed by atoms with Gasteiger partial charge in [-0.25, -0.2) is 9.79 Å². The molecule has 1 aromatic rings. The summed E-state index contributed by atoms with van der Waals surface area (Å²) in [5.74, 6) is 0.0931. The van der Waals surface area contributed by atoms with Crippen LogP contribution >= 0.6 is 0 Å². The molecule has 0 fully saturated rings. The minimum atomic E-state index is -0.995. The Hall–Kier alpha value is -2.31. The van der Waals surface area contributed by atoms with Gasteiger partial charge in [0.1, 0.15) is 5.69 Å². The summed E-state index contributed by atoms with van der Waals surface area (Å²) in [7, 11) is 5.08. The Morgan fingerprint density at radius 2 is 2.18 bits per heavy atom. The first-order valence-electron chi connectivity index (χ1n) is 4.71. The zero-order chi connectivity index (χ0) is 13.3. The molecule has 0 aliphatic rings. The smallest absolute Gasteiger partial charge is 0.404 e. The number of hydrogen-bond donors (Lipinski definition) is 3. The van der Waals surface area contributed by atoms with E-state index in [-0.39, 0.29) is 5.75 Å². The van der Waals surface area contributed by atoms with Gasteiger partial charge >= 0.3 is 6.09 Å². The number of rotatable bonds is 2. The normalized spacial score (nSPS) is 9.35. The fourth-order valence-corrected chi connectivity index (χ4v) is 0.666. The standard InChI is InChI=1S/C8H11N3O.C2H5NO2/c1-11(2)6-10-7-3-4-9-5-8(7)12;1-3-2(4)5/h3-6,12H,1-2H3;3H,1H3,(H,4,5). The third kappa shape index (κ3) is 7.60. The van der Waals surface area contributed by atoms with E-state index in [4.69, 9.17) is 5.11 Å². The first-order chi connectivity index (χ1) is 7.97. The van der Waals surface area contributed by atoms with Crippen molar-refractivity contribution in [3.8, 4) is 5.75 Å². The summed E-state index contributed by atoms with van der Waals surface area (Å²) in [5.41, 5.74) is 0.527. The molecule has 0 aliphatic heterocycles. The highest BCUT2D eigenvalue weighted by Crippen LogP contribution is 2.22. The molecule has 0 saturated heterocycles. The third-order valence-corrected chi connectivity index (χ3v) is 1.42. The molecule has 3 N–H and O–H groups in total. The summed E-state index contributed by atoms with van der Waals surface area (Å²) in [4.78, 5) is 18.8. The van der Waals surface area contributed by atoms with Gasteiger partial charge in [-0.3, -0.25) is 4.98 Å². The van der Waals surface area contributed by atoms with Gasteiger partial charge in [0.25, 0.3) is 0 Å². The fourth-order valence-electron chi connectivity index (χ4n) is 0.666. The Kier molecular flexibility index (Phi) is 6.84. The minimum Gasteiger partial charge on any atom is -0.504 e. The molecule has 1 rings (SSSR count). The van der Waals surface area contributed by atoms with Crippen molar-refractivity contribution in [3.63, 3.8) is 0 Å². The summed E-state index contributed by atoms with van der Waals surface area (Å²) >= 11 is 0. The van der Waals surface area contributed by atoms with Crippen LogP contribution in [0.2, 0.25) is 0 Å². The van der Waals surface area contributed by atoms with E-state index in [0.717, 1.165) is 0 Å². The lowest BCUT2D eigenvalue weighted by Gasteiger charge is -2.02. The van der Waals surface area contributed by atoms with Gasteiger partial charge in [-0.2, -0.15) is 0 Å². The van der Waals surface area contributed by atoms with Crippen molar-refractivity contribution in [2.45, 2.75) is 0 Å². The van der Waals surface area contributed by atoms with E-state index in [1.807, 2.05) is 19.4 Å². The molecular formula is C10H16N4O3. The predicted octanol–water partition coefficient (Wildman–Crippen LogP) is 0.892. The summed E-state index contributed by atoms with van der Waals surface area (Å²) in [6.07, 6.45) is 3.57. The SMILES string of the molecule is CN(C)C=Nc1ccncc1O.CNC(=O)O. The molecule has 0 saturated carbocycles. The quantitative estimate of drug-likeness (QED) is 0.527. The van der Waals surface area contributed by atoms with E-state index in [0.29, 0.717) is 5.69 Å². The Morgan fingerprint density at radius 3 is 2.59 bits per heavy atom. The van der Waals surface area contributed by atoms with Crippen LogP contribution in [0.4, 0.5) is 10.5 Å². The van der Waals surface area contributed by atoms with Crippen LogP contribution in [0.1, 0.15) is 0 Å². The van der Waals surface area contributed by atoms with Crippen LogP contribution in [0.5, 0.6) is 5.75 Å². The lowest BCUT2D eigenvalue weighted by molar-refractivity contribution is 0.197. The van der Waals surface area contributed by atoms with Crippen LogP contribution in [-0.4, -0.2) is 53.7 Å². The number of pyridine rings is 1. The van der Waals surface area contributed by atoms with Crippen molar-refractivity contribution in [2.75, 3.05) is 21.1 Å². The lowest BCUT2D eigenvalue weighted by Crippen LogP contribution is -2.13. The van der Waals surface area contributed by atoms with Crippen LogP contribution in [-0.2, 0) is 0 Å². The van der Waals surface area contributed by atoms with Crippen molar-refractivity contribution < 1.29 is 15.0 Å². The monoisotopic (exact) mass is 240 g/mol. The van der Waals surface area contributed by atoms with Gasteiger partial charge in [0.2, 0.25) is 0 Å². The third-order valence-electron chi connectivity index (χ3n) is 1.42. The Morgan fingerprint density at radius 1 is 1.59 bits per heavy atom. The van der Waals surface area contributed by atoms with Gasteiger partial charge in [-0.1, -0.05) is 0 Å². The highest BCUT2D eigenvalue weighted by Gasteiger charge is 1.94. The van der Waals surface area contributed by atoms with Crippen LogP contribution in [0.15, 0.2) is 23.5 Å². The number of nitrogens with one attached hydrogen (secondary N) is 1. The second-order valence-electron chi connectivity index (χ2n) is 3.13. The second-order valence-corrected chi connectivity index (χ2v) is 3.13. The average Bonchev–Trinajstić information content (AvgIpc) is 2.28. The number of hydrogen-bond acceptors (Lipinski definition) is 4. The van der Waals surface area contributed by atoms with Crippen LogP contribution in [0.25, 0.3) is 0 Å². The first kappa shape index (κ1) is 14.7. The molecule has 0 bridgehead atoms. The van der Waals surface area contributed by atoms with E-state index in [9.17, 15) is 9.90 Å². The van der Waals surface area contributed by atoms with E-state index in [2.05, 4.69) is 9.98 Å². The van der Waals surface area contributed by atoms with Gasteiger partial charge < -0.3 is 20.4 Å². The van der Waals surface area contributed by atoms with Gasteiger partial charge in [0.15, 0.2) is 5.75 Å². The van der Waals surface area contributed by atoms with Crippen molar-refractivity contribution in [1.29, 1.82) is 0 Å². The fraction of sp³-hybridized carbons (Fsp3) is 0.300. The molecule has 1 amide bonds. The molecule has 7 nitrogen and oxygen atoms in total. The predicted molar refractivity (Wildman–Crippen MR) is 64.8 cm³/mol. The molecule has 1 heterocycles. The molecule has 94 valence electrons. The van der Waals surface area contributed by atoms with E-state index in [1.165, 1.54) is 13.2 Å². The van der Waals surface area contributed by atoms with Gasteiger partial charge in [0, 0.05) is 27.3 Å². The maximum absolute atomic E-state index is 9.26. The summed E-state index contributed by atoms with van der Waals surface area (Å²) in [6, 6.07) is 1.65. The first-order valence-corrected chi connectivity index (χ1v) is 4.71. The summed E-state index contributed by atoms with van der Waals surface area (Å²) in [6.45, 7) is 0. The van der Waals surface area contributed by atoms with E-state index >= 15 is 0 Å². The number of amides is 1. The molecule has 0 spiro atoms. The number of aliphatic imine (C=N–C) groups is 1. The molecule has 0 aliphatic carbocycles. The number of carboxylic acid groups (broad SMARTS) is 1. The topological polar surface area (TPSA) is 98.0 Å². The van der Waals surface area contributed by atoms with Crippen LogP contribution in [0, 0.1) is 0 Å². The maximum Gasteiger partial charge on any atom is 0.404 e. The maximum atomic E-state index is 9.26. The molecule has 0 atom stereocenters. The molecule has 17 heavy (non-hydrogen) atoms. The highest BCUT2D eigenvalue weighted by atomic mass is 16.4. The molecule has 0 aromatic carbocycles. The van der Waals surface area contributed by atoms with Gasteiger partial charge in [-0.15, -0.1) is 0 Å². The summed E-state index contributed by atoms with van der Waals surface area (Å²) < 4.78 is 0. The van der Waals surface area contributed by atoms with E-state index in [1.54, 1.807) is 23.5 Å². The van der Waals surface area contributed by atoms with Crippen molar-refractivity contribution >= 4 is 18.1 Å². The molecule has 0 unspecified atom stereocenters. The van der Waals surface area contributed by atoms with Crippen molar-refractivity contribution in [2.24, 2.45) is 4.99 Å². The Balaban J connectivity index is 0.000000437. The highest BCUT2D eigenvalue weighted by molar-refractivity contribution is 5.64. The Labute approximate surface area is 99.4 Å². The Bertz CT molecular complexity index is 380. The zero-order valence-corrected chi connectivity index (χ0v) is 9.95. The molecule has 7 heteroatoms. The van der Waals surface area contributed by atoms with Crippen molar-refractivity contribution in [3.05, 3.63) is 18.5 Å². The van der Waals surface area contributed by atoms with Crippen LogP contribution in [0.3, 0.4) is 0 Å². The number of nitrogens with zero attached hydrogens (tertiary/aromatic N) is 3.